The Balaban J connectivity index is 1.53. The summed E-state index contributed by atoms with van der Waals surface area (Å²) in [7, 11) is 0. The van der Waals surface area contributed by atoms with E-state index < -0.39 is 23.7 Å². The van der Waals surface area contributed by atoms with E-state index in [0.717, 1.165) is 35.8 Å². The summed E-state index contributed by atoms with van der Waals surface area (Å²) in [5.74, 6) is -0.226. The van der Waals surface area contributed by atoms with Crippen molar-refractivity contribution in [3.8, 4) is 5.75 Å². The molecule has 2 aliphatic rings. The van der Waals surface area contributed by atoms with Crippen molar-refractivity contribution in [2.24, 2.45) is 0 Å². The number of carbonyl (C=O) groups excluding carboxylic acids is 2. The molecule has 1 aromatic carbocycles. The minimum absolute atomic E-state index is 0.291. The number of nitrogens with zero attached hydrogens (tertiary/aromatic N) is 1. The Morgan fingerprint density at radius 1 is 1.14 bits per heavy atom. The highest BCUT2D eigenvalue weighted by molar-refractivity contribution is 5.86. The van der Waals surface area contributed by atoms with Gasteiger partial charge in [-0.1, -0.05) is 0 Å². The number of rotatable bonds is 2. The van der Waals surface area contributed by atoms with Crippen LogP contribution < -0.4 is 10.4 Å². The quantitative estimate of drug-likeness (QED) is 0.436. The van der Waals surface area contributed by atoms with Crippen LogP contribution in [0.3, 0.4) is 0 Å². The molecular formula is C22H25NO6. The highest BCUT2D eigenvalue weighted by Crippen LogP contribution is 2.30. The van der Waals surface area contributed by atoms with E-state index in [9.17, 15) is 14.4 Å². The molecule has 2 heterocycles. The second kappa shape index (κ2) is 7.21. The standard InChI is InChI=1S/C22H25NO6/c1-22(2,3)29-21(26)23-11-5-8-17(23)20(25)27-13-9-10-15-14-6-4-7-16(14)19(24)28-18(15)12-13/h9-10,12,17H,4-8,11H2,1-3H3. The van der Waals surface area contributed by atoms with Crippen molar-refractivity contribution in [2.45, 2.75) is 64.5 Å². The Bertz CT molecular complexity index is 1030. The van der Waals surface area contributed by atoms with Gasteiger partial charge in [0.25, 0.3) is 0 Å². The van der Waals surface area contributed by atoms with E-state index in [0.29, 0.717) is 30.7 Å². The van der Waals surface area contributed by atoms with Gasteiger partial charge in [-0.15, -0.1) is 0 Å². The van der Waals surface area contributed by atoms with Crippen molar-refractivity contribution < 1.29 is 23.5 Å². The molecule has 7 heteroatoms. The third-order valence-electron chi connectivity index (χ3n) is 5.32. The average Bonchev–Trinajstić information content (AvgIpc) is 3.30. The van der Waals surface area contributed by atoms with Crippen molar-refractivity contribution in [3.05, 3.63) is 39.7 Å². The van der Waals surface area contributed by atoms with Crippen molar-refractivity contribution in [2.75, 3.05) is 6.54 Å². The average molecular weight is 399 g/mol. The Kier molecular flexibility index (Phi) is 4.84. The molecule has 29 heavy (non-hydrogen) atoms. The summed E-state index contributed by atoms with van der Waals surface area (Å²) in [6, 6.07) is 4.41. The molecule has 2 aromatic rings. The zero-order valence-corrected chi connectivity index (χ0v) is 16.9. The molecule has 154 valence electrons. The summed E-state index contributed by atoms with van der Waals surface area (Å²) >= 11 is 0. The maximum absolute atomic E-state index is 12.7. The zero-order chi connectivity index (χ0) is 20.8. The van der Waals surface area contributed by atoms with Gasteiger partial charge in [0, 0.05) is 23.6 Å². The first-order valence-corrected chi connectivity index (χ1v) is 10.0. The number of esters is 1. The lowest BCUT2D eigenvalue weighted by Crippen LogP contribution is -2.44. The number of ether oxygens (including phenoxy) is 2. The molecule has 1 aliphatic carbocycles. The third kappa shape index (κ3) is 3.86. The van der Waals surface area contributed by atoms with E-state index in [1.54, 1.807) is 32.9 Å². The Hall–Kier alpha value is -2.83. The molecule has 0 saturated carbocycles. The lowest BCUT2D eigenvalue weighted by atomic mass is 10.1. The second-order valence-electron chi connectivity index (χ2n) is 8.61. The summed E-state index contributed by atoms with van der Waals surface area (Å²) in [5, 5.41) is 0.883. The first kappa shape index (κ1) is 19.5. The van der Waals surface area contributed by atoms with Crippen LogP contribution in [0.4, 0.5) is 4.79 Å². The summed E-state index contributed by atoms with van der Waals surface area (Å²) in [6.45, 7) is 5.81. The van der Waals surface area contributed by atoms with E-state index in [2.05, 4.69) is 0 Å². The molecule has 1 aliphatic heterocycles. The Morgan fingerprint density at radius 3 is 2.66 bits per heavy atom. The van der Waals surface area contributed by atoms with Gasteiger partial charge in [0.05, 0.1) is 0 Å². The first-order chi connectivity index (χ1) is 13.7. The molecule has 1 aromatic heterocycles. The molecule has 4 rings (SSSR count). The normalized spacial score (nSPS) is 18.7. The summed E-state index contributed by atoms with van der Waals surface area (Å²) in [5.41, 5.74) is 1.24. The molecule has 7 nitrogen and oxygen atoms in total. The fourth-order valence-corrected chi connectivity index (χ4v) is 4.06. The van der Waals surface area contributed by atoms with Gasteiger partial charge in [0.2, 0.25) is 0 Å². The zero-order valence-electron chi connectivity index (χ0n) is 16.9. The molecular weight excluding hydrogens is 374 g/mol. The minimum atomic E-state index is -0.687. The molecule has 1 saturated heterocycles. The van der Waals surface area contributed by atoms with Gasteiger partial charge >= 0.3 is 17.7 Å². The molecule has 1 unspecified atom stereocenters. The minimum Gasteiger partial charge on any atom is -0.444 e. The smallest absolute Gasteiger partial charge is 0.411 e. The fraction of sp³-hybridized carbons (Fsp3) is 0.500. The highest BCUT2D eigenvalue weighted by atomic mass is 16.6. The number of carbonyl (C=O) groups is 2. The van der Waals surface area contributed by atoms with Crippen LogP contribution >= 0.6 is 0 Å². The number of hydrogen-bond acceptors (Lipinski definition) is 6. The molecule has 1 amide bonds. The molecule has 1 fully saturated rings. The van der Waals surface area contributed by atoms with Crippen molar-refractivity contribution in [3.63, 3.8) is 0 Å². The molecule has 0 radical (unpaired) electrons. The van der Waals surface area contributed by atoms with Gasteiger partial charge in [-0.3, -0.25) is 4.90 Å². The number of aryl methyl sites for hydroxylation is 1. The summed E-state index contributed by atoms with van der Waals surface area (Å²) in [6.07, 6.45) is 3.25. The van der Waals surface area contributed by atoms with Crippen molar-refractivity contribution in [1.82, 2.24) is 4.90 Å². The van der Waals surface area contributed by atoms with E-state index in [1.165, 1.54) is 4.90 Å². The number of fused-ring (bicyclic) bond motifs is 3. The Labute approximate surface area is 168 Å². The molecule has 1 atom stereocenters. The van der Waals surface area contributed by atoms with Gasteiger partial charge < -0.3 is 13.9 Å². The largest absolute Gasteiger partial charge is 0.444 e. The first-order valence-electron chi connectivity index (χ1n) is 10.0. The number of benzene rings is 1. The van der Waals surface area contributed by atoms with Crippen LogP contribution in [0.15, 0.2) is 27.4 Å². The Morgan fingerprint density at radius 2 is 1.90 bits per heavy atom. The lowest BCUT2D eigenvalue weighted by molar-refractivity contribution is -0.139. The van der Waals surface area contributed by atoms with Crippen LogP contribution in [0.2, 0.25) is 0 Å². The number of hydrogen-bond donors (Lipinski definition) is 0. The predicted molar refractivity (Wildman–Crippen MR) is 106 cm³/mol. The number of likely N-dealkylation sites (tertiary alicyclic amines) is 1. The van der Waals surface area contributed by atoms with E-state index in [1.807, 2.05) is 6.07 Å². The predicted octanol–water partition coefficient (Wildman–Crippen LogP) is 3.59. The van der Waals surface area contributed by atoms with E-state index >= 15 is 0 Å². The van der Waals surface area contributed by atoms with Crippen LogP contribution in [0.5, 0.6) is 5.75 Å². The molecule has 0 spiro atoms. The maximum Gasteiger partial charge on any atom is 0.411 e. The second-order valence-corrected chi connectivity index (χ2v) is 8.61. The van der Waals surface area contributed by atoms with Gasteiger partial charge in [-0.25, -0.2) is 14.4 Å². The van der Waals surface area contributed by atoms with Gasteiger partial charge in [-0.2, -0.15) is 0 Å². The third-order valence-corrected chi connectivity index (χ3v) is 5.32. The fourth-order valence-electron chi connectivity index (χ4n) is 4.06. The van der Waals surface area contributed by atoms with E-state index in [-0.39, 0.29) is 5.63 Å². The van der Waals surface area contributed by atoms with Gasteiger partial charge in [0.1, 0.15) is 23.0 Å². The molecule has 0 N–H and O–H groups in total. The maximum atomic E-state index is 12.7. The van der Waals surface area contributed by atoms with Crippen LogP contribution in [-0.4, -0.2) is 35.2 Å². The topological polar surface area (TPSA) is 86.0 Å². The number of amides is 1. The van der Waals surface area contributed by atoms with Crippen LogP contribution in [0, 0.1) is 0 Å². The monoisotopic (exact) mass is 399 g/mol. The highest BCUT2D eigenvalue weighted by Gasteiger charge is 2.38. The van der Waals surface area contributed by atoms with Crippen LogP contribution in [0.1, 0.15) is 51.2 Å². The summed E-state index contributed by atoms with van der Waals surface area (Å²) < 4.78 is 16.4. The molecule has 0 bridgehead atoms. The SMILES string of the molecule is CC(C)(C)OC(=O)N1CCCC1C(=O)Oc1ccc2c3c(c(=O)oc2c1)CCC3. The lowest BCUT2D eigenvalue weighted by Gasteiger charge is -2.27. The van der Waals surface area contributed by atoms with Crippen molar-refractivity contribution >= 4 is 23.0 Å². The van der Waals surface area contributed by atoms with Crippen LogP contribution in [0.25, 0.3) is 11.0 Å². The van der Waals surface area contributed by atoms with Crippen LogP contribution in [-0.2, 0) is 22.4 Å². The van der Waals surface area contributed by atoms with E-state index in [4.69, 9.17) is 13.9 Å². The summed E-state index contributed by atoms with van der Waals surface area (Å²) in [4.78, 5) is 38.7. The van der Waals surface area contributed by atoms with Gasteiger partial charge in [-0.05, 0) is 70.6 Å². The van der Waals surface area contributed by atoms with Gasteiger partial charge in [0.15, 0.2) is 0 Å². The van der Waals surface area contributed by atoms with Crippen molar-refractivity contribution in [1.29, 1.82) is 0 Å².